The Balaban J connectivity index is 1.74. The van der Waals surface area contributed by atoms with Crippen LogP contribution in [0.5, 0.6) is 0 Å². The van der Waals surface area contributed by atoms with E-state index in [0.717, 1.165) is 33.5 Å². The highest BCUT2D eigenvalue weighted by molar-refractivity contribution is 6.74. The van der Waals surface area contributed by atoms with Gasteiger partial charge in [0.25, 0.3) is 0 Å². The Bertz CT molecular complexity index is 1720. The van der Waals surface area contributed by atoms with Gasteiger partial charge in [-0.2, -0.15) is 0 Å². The normalized spacial score (nSPS) is 13.9. The van der Waals surface area contributed by atoms with Gasteiger partial charge in [-0.1, -0.05) is 112 Å². The zero-order valence-electron chi connectivity index (χ0n) is 32.4. The van der Waals surface area contributed by atoms with Crippen molar-refractivity contribution in [2.75, 3.05) is 0 Å². The molecule has 0 unspecified atom stereocenters. The molecule has 3 aromatic carbocycles. The Morgan fingerprint density at radius 1 is 0.808 bits per heavy atom. The van der Waals surface area contributed by atoms with E-state index in [-0.39, 0.29) is 11.6 Å². The number of pyridine rings is 1. The van der Waals surface area contributed by atoms with Gasteiger partial charge in [0.15, 0.2) is 8.32 Å². The van der Waals surface area contributed by atoms with Crippen LogP contribution in [0.15, 0.2) is 103 Å². The molecule has 2 amide bonds. The van der Waals surface area contributed by atoms with Gasteiger partial charge in [-0.25, -0.2) is 9.59 Å². The third-order valence-electron chi connectivity index (χ3n) is 9.92. The van der Waals surface area contributed by atoms with Crippen molar-refractivity contribution >= 4 is 20.5 Å². The summed E-state index contributed by atoms with van der Waals surface area (Å²) in [4.78, 5) is 32.8. The summed E-state index contributed by atoms with van der Waals surface area (Å²) in [6.07, 6.45) is 1.07. The molecule has 1 heterocycles. The molecule has 0 bridgehead atoms. The first-order valence-electron chi connectivity index (χ1n) is 18.2. The predicted molar refractivity (Wildman–Crippen MR) is 212 cm³/mol. The van der Waals surface area contributed by atoms with Crippen molar-refractivity contribution in [3.05, 3.63) is 126 Å². The second-order valence-corrected chi connectivity index (χ2v) is 21.0. The van der Waals surface area contributed by atoms with E-state index in [9.17, 15) is 14.7 Å². The smallest absolute Gasteiger partial charge is 0.408 e. The van der Waals surface area contributed by atoms with E-state index in [1.807, 2.05) is 119 Å². The van der Waals surface area contributed by atoms with Crippen LogP contribution in [0.2, 0.25) is 18.1 Å². The van der Waals surface area contributed by atoms with E-state index in [2.05, 4.69) is 56.3 Å². The molecule has 52 heavy (non-hydrogen) atoms. The second-order valence-electron chi connectivity index (χ2n) is 16.3. The molecule has 4 rings (SSSR count). The number of aryl methyl sites for hydroxylation is 1. The van der Waals surface area contributed by atoms with Crippen molar-refractivity contribution in [3.8, 4) is 11.3 Å². The molecule has 0 aliphatic rings. The van der Waals surface area contributed by atoms with Crippen molar-refractivity contribution in [2.24, 2.45) is 0 Å². The number of ether oxygens (including phenoxy) is 1. The number of alkyl carbamates (subject to hydrolysis) is 1. The van der Waals surface area contributed by atoms with E-state index in [4.69, 9.17) is 9.16 Å². The number of aromatic nitrogens is 1. The second kappa shape index (κ2) is 17.4. The van der Waals surface area contributed by atoms with Gasteiger partial charge < -0.3 is 19.6 Å². The summed E-state index contributed by atoms with van der Waals surface area (Å²) in [5.74, 6) is 0. The van der Waals surface area contributed by atoms with Gasteiger partial charge in [0, 0.05) is 23.3 Å². The molecule has 8 nitrogen and oxygen atoms in total. The molecule has 0 aliphatic carbocycles. The maximum absolute atomic E-state index is 13.5. The van der Waals surface area contributed by atoms with Gasteiger partial charge in [-0.05, 0) is 93.4 Å². The number of hydrogen-bond acceptors (Lipinski definition) is 5. The fourth-order valence-electron chi connectivity index (χ4n) is 6.15. The molecule has 9 heteroatoms. The summed E-state index contributed by atoms with van der Waals surface area (Å²) in [7, 11) is -2.47. The first-order valence-corrected chi connectivity index (χ1v) is 21.1. The quantitative estimate of drug-likeness (QED) is 0.126. The largest absolute Gasteiger partial charge is 0.465 e. The lowest BCUT2D eigenvalue weighted by atomic mass is 9.90. The monoisotopic (exact) mass is 723 g/mol. The summed E-state index contributed by atoms with van der Waals surface area (Å²) < 4.78 is 13.0. The molecule has 0 spiro atoms. The van der Waals surface area contributed by atoms with Crippen LogP contribution in [-0.2, 0) is 28.6 Å². The Morgan fingerprint density at radius 3 is 1.90 bits per heavy atom. The lowest BCUT2D eigenvalue weighted by molar-refractivity contribution is 0.00542. The molecule has 278 valence electrons. The summed E-state index contributed by atoms with van der Waals surface area (Å²) in [5, 5.41) is 13.8. The Kier molecular flexibility index (Phi) is 13.5. The van der Waals surface area contributed by atoms with E-state index in [0.29, 0.717) is 19.3 Å². The van der Waals surface area contributed by atoms with Crippen LogP contribution in [0.1, 0.15) is 70.2 Å². The highest BCUT2D eigenvalue weighted by Crippen LogP contribution is 2.39. The predicted octanol–water partition coefficient (Wildman–Crippen LogP) is 10.1. The number of nitrogens with one attached hydrogen (secondary N) is 1. The van der Waals surface area contributed by atoms with Gasteiger partial charge in [0.05, 0.1) is 17.8 Å². The van der Waals surface area contributed by atoms with Crippen LogP contribution in [0, 0.1) is 6.92 Å². The number of carbonyl (C=O) groups excluding carboxylic acids is 1. The first-order chi connectivity index (χ1) is 24.4. The molecule has 0 aliphatic heterocycles. The van der Waals surface area contributed by atoms with Gasteiger partial charge in [-0.3, -0.25) is 9.88 Å². The fourth-order valence-corrected chi connectivity index (χ4v) is 7.51. The van der Waals surface area contributed by atoms with Crippen molar-refractivity contribution in [1.29, 1.82) is 0 Å². The number of nitrogens with zero attached hydrogens (tertiary/aromatic N) is 2. The fraction of sp³-hybridized carbons (Fsp3) is 0.419. The Labute approximate surface area is 311 Å². The van der Waals surface area contributed by atoms with E-state index < -0.39 is 44.2 Å². The Morgan fingerprint density at radius 2 is 1.38 bits per heavy atom. The highest BCUT2D eigenvalue weighted by Gasteiger charge is 2.45. The SMILES string of the molecule is Cc1ccc(-c2ccc(C[C@@H](C[C@H](O[Si](C)(C)C(C)(C)C)[C@H](Cc3ccccc3)N(C(=O)O)C(C)(C)C)NC(=O)OCc3ccccc3)cc2)nc1. The molecule has 3 atom stereocenters. The summed E-state index contributed by atoms with van der Waals surface area (Å²) in [6, 6.07) is 30.8. The highest BCUT2D eigenvalue weighted by atomic mass is 28.4. The van der Waals surface area contributed by atoms with E-state index >= 15 is 0 Å². The van der Waals surface area contributed by atoms with Crippen molar-refractivity contribution in [1.82, 2.24) is 15.2 Å². The van der Waals surface area contributed by atoms with E-state index in [1.165, 1.54) is 0 Å². The molecule has 2 N–H and O–H groups in total. The topological polar surface area (TPSA) is 101 Å². The maximum Gasteiger partial charge on any atom is 0.408 e. The lowest BCUT2D eigenvalue weighted by Gasteiger charge is -2.47. The van der Waals surface area contributed by atoms with Crippen molar-refractivity contribution in [2.45, 2.75) is 116 Å². The minimum Gasteiger partial charge on any atom is -0.465 e. The molecule has 4 aromatic rings. The van der Waals surface area contributed by atoms with Crippen LogP contribution in [-0.4, -0.2) is 59.2 Å². The van der Waals surface area contributed by atoms with Crippen LogP contribution < -0.4 is 5.32 Å². The van der Waals surface area contributed by atoms with Crippen molar-refractivity contribution < 1.29 is 23.9 Å². The summed E-state index contributed by atoms with van der Waals surface area (Å²) in [5.41, 5.74) is 5.18. The third-order valence-corrected chi connectivity index (χ3v) is 14.4. The summed E-state index contributed by atoms with van der Waals surface area (Å²) >= 11 is 0. The number of rotatable bonds is 14. The summed E-state index contributed by atoms with van der Waals surface area (Å²) in [6.45, 7) is 18.8. The van der Waals surface area contributed by atoms with Crippen LogP contribution in [0.3, 0.4) is 0 Å². The van der Waals surface area contributed by atoms with Crippen molar-refractivity contribution in [3.63, 3.8) is 0 Å². The minimum absolute atomic E-state index is 0.134. The average molecular weight is 724 g/mol. The molecule has 0 fully saturated rings. The van der Waals surface area contributed by atoms with Crippen LogP contribution in [0.25, 0.3) is 11.3 Å². The molecular formula is C43H57N3O5Si. The van der Waals surface area contributed by atoms with Crippen LogP contribution in [0.4, 0.5) is 9.59 Å². The molecule has 0 radical (unpaired) electrons. The van der Waals surface area contributed by atoms with Gasteiger partial charge in [-0.15, -0.1) is 0 Å². The maximum atomic E-state index is 13.5. The molecule has 1 aromatic heterocycles. The number of benzene rings is 3. The zero-order chi connectivity index (χ0) is 38.1. The zero-order valence-corrected chi connectivity index (χ0v) is 33.4. The third kappa shape index (κ3) is 11.5. The van der Waals surface area contributed by atoms with Gasteiger partial charge in [0.1, 0.15) is 6.61 Å². The number of amides is 2. The number of carboxylic acid groups (broad SMARTS) is 1. The number of hydrogen-bond donors (Lipinski definition) is 2. The van der Waals surface area contributed by atoms with E-state index in [1.54, 1.807) is 4.90 Å². The first kappa shape index (κ1) is 40.3. The molecule has 0 saturated carbocycles. The van der Waals surface area contributed by atoms with Crippen LogP contribution >= 0.6 is 0 Å². The molecular weight excluding hydrogens is 667 g/mol. The average Bonchev–Trinajstić information content (AvgIpc) is 3.07. The number of carbonyl (C=O) groups is 2. The van der Waals surface area contributed by atoms with Gasteiger partial charge >= 0.3 is 12.2 Å². The standard InChI is InChI=1S/C43H57N3O5Si/c1-31-20-25-37(44-29-31)35-23-21-33(22-24-35)26-36(45-40(47)50-30-34-18-14-11-15-19-34)28-39(51-52(8,9)43(5,6)7)38(27-32-16-12-10-13-17-32)46(41(48)49)42(2,3)4/h10-25,29,36,38-39H,26-28,30H2,1-9H3,(H,45,47)(H,48,49)/t36-,38-,39-/m0/s1. The minimum atomic E-state index is -2.47. The Hall–Kier alpha value is -4.47. The van der Waals surface area contributed by atoms with Gasteiger partial charge in [0.2, 0.25) is 0 Å². The molecule has 0 saturated heterocycles. The lowest BCUT2D eigenvalue weighted by Crippen LogP contribution is -2.60.